The highest BCUT2D eigenvalue weighted by molar-refractivity contribution is 5.91. The number of likely N-dealkylation sites (tertiary alicyclic amines) is 1. The summed E-state index contributed by atoms with van der Waals surface area (Å²) in [6.45, 7) is 6.45. The Bertz CT molecular complexity index is 786. The number of carbonyl (C=O) groups is 2. The van der Waals surface area contributed by atoms with E-state index in [1.807, 2.05) is 43.3 Å². The lowest BCUT2D eigenvalue weighted by atomic mass is 9.74. The molecule has 0 N–H and O–H groups in total. The van der Waals surface area contributed by atoms with Crippen molar-refractivity contribution in [1.29, 1.82) is 0 Å². The van der Waals surface area contributed by atoms with Gasteiger partial charge in [0.15, 0.2) is 0 Å². The Morgan fingerprint density at radius 3 is 2.73 bits per heavy atom. The van der Waals surface area contributed by atoms with Crippen LogP contribution in [0, 0.1) is 11.8 Å². The number of hydrogen-bond acceptors (Lipinski definition) is 4. The van der Waals surface area contributed by atoms with Gasteiger partial charge in [-0.05, 0) is 25.3 Å². The number of hydrogen-bond donors (Lipinski definition) is 0. The van der Waals surface area contributed by atoms with Gasteiger partial charge in [-0.2, -0.15) is 0 Å². The van der Waals surface area contributed by atoms with E-state index in [9.17, 15) is 14.7 Å². The lowest BCUT2D eigenvalue weighted by Crippen LogP contribution is -2.46. The summed E-state index contributed by atoms with van der Waals surface area (Å²) in [6, 6.07) is 9.73. The van der Waals surface area contributed by atoms with E-state index >= 15 is 0 Å². The van der Waals surface area contributed by atoms with E-state index in [1.165, 1.54) is 0 Å². The van der Waals surface area contributed by atoms with Crippen molar-refractivity contribution in [3.63, 3.8) is 0 Å². The van der Waals surface area contributed by atoms with Gasteiger partial charge in [-0.1, -0.05) is 48.1 Å². The fourth-order valence-corrected chi connectivity index (χ4v) is 4.75. The molecule has 0 aliphatic carbocycles. The SMILES string of the molecule is C=C(C)C[C@H]1N(CCc2ccccc2)C(=O)[C@@H]2[C@H](C(=O)[O-])[C@@H]3C=C[C@]21O3. The zero-order valence-electron chi connectivity index (χ0n) is 14.8. The minimum Gasteiger partial charge on any atom is -0.550 e. The Labute approximate surface area is 152 Å². The number of amides is 1. The Balaban J connectivity index is 1.65. The molecule has 0 radical (unpaired) electrons. The molecule has 5 atom stereocenters. The van der Waals surface area contributed by atoms with Crippen LogP contribution in [-0.2, 0) is 20.7 Å². The van der Waals surface area contributed by atoms with Crippen molar-refractivity contribution in [3.8, 4) is 0 Å². The molecule has 2 saturated heterocycles. The molecule has 26 heavy (non-hydrogen) atoms. The number of benzene rings is 1. The smallest absolute Gasteiger partial charge is 0.230 e. The Morgan fingerprint density at radius 2 is 2.08 bits per heavy atom. The molecule has 3 aliphatic heterocycles. The van der Waals surface area contributed by atoms with Gasteiger partial charge in [0.25, 0.3) is 0 Å². The van der Waals surface area contributed by atoms with E-state index in [2.05, 4.69) is 6.58 Å². The number of carboxylic acids is 1. The molecule has 5 nitrogen and oxygen atoms in total. The normalized spacial score (nSPS) is 34.3. The molecule has 136 valence electrons. The van der Waals surface area contributed by atoms with Crippen LogP contribution in [0.2, 0.25) is 0 Å². The summed E-state index contributed by atoms with van der Waals surface area (Å²) >= 11 is 0. The predicted octanol–water partition coefficient (Wildman–Crippen LogP) is 1.10. The van der Waals surface area contributed by atoms with Crippen molar-refractivity contribution in [1.82, 2.24) is 4.90 Å². The van der Waals surface area contributed by atoms with Crippen LogP contribution in [0.1, 0.15) is 18.9 Å². The number of carboxylic acid groups (broad SMARTS) is 1. The highest BCUT2D eigenvalue weighted by Crippen LogP contribution is 2.55. The number of aliphatic carboxylic acids is 1. The third-order valence-corrected chi connectivity index (χ3v) is 5.83. The molecule has 2 fully saturated rings. The van der Waals surface area contributed by atoms with Crippen LogP contribution in [-0.4, -0.2) is 41.1 Å². The maximum atomic E-state index is 13.2. The molecule has 0 saturated carbocycles. The summed E-state index contributed by atoms with van der Waals surface area (Å²) in [5, 5.41) is 11.7. The topological polar surface area (TPSA) is 69.7 Å². The molecule has 5 heteroatoms. The molecular formula is C21H22NO4-. The molecule has 3 heterocycles. The molecule has 1 aromatic rings. The van der Waals surface area contributed by atoms with Crippen LogP contribution >= 0.6 is 0 Å². The van der Waals surface area contributed by atoms with Gasteiger partial charge in [0.05, 0.1) is 18.1 Å². The van der Waals surface area contributed by atoms with E-state index < -0.39 is 29.5 Å². The molecular weight excluding hydrogens is 330 g/mol. The lowest BCUT2D eigenvalue weighted by Gasteiger charge is -2.33. The van der Waals surface area contributed by atoms with Crippen LogP contribution in [0.4, 0.5) is 0 Å². The molecule has 3 aliphatic rings. The molecule has 0 unspecified atom stereocenters. The zero-order valence-corrected chi connectivity index (χ0v) is 14.8. The van der Waals surface area contributed by atoms with Gasteiger partial charge in [-0.3, -0.25) is 4.79 Å². The molecule has 2 bridgehead atoms. The third-order valence-electron chi connectivity index (χ3n) is 5.83. The summed E-state index contributed by atoms with van der Waals surface area (Å²) in [7, 11) is 0. The van der Waals surface area contributed by atoms with E-state index in [0.29, 0.717) is 19.4 Å². The molecule has 4 rings (SSSR count). The molecule has 0 aromatic heterocycles. The first kappa shape index (κ1) is 17.0. The standard InChI is InChI=1S/C21H23NO4/c1-13(2)12-16-21-10-8-15(26-21)17(20(24)25)18(21)19(23)22(16)11-9-14-6-4-3-5-7-14/h3-8,10,15-18H,1,9,11-12H2,2H3,(H,24,25)/p-1/t15-,16+,17+,18-,21+/m0/s1. The van der Waals surface area contributed by atoms with Gasteiger partial charge in [0.1, 0.15) is 5.60 Å². The van der Waals surface area contributed by atoms with Crippen LogP contribution < -0.4 is 5.11 Å². The van der Waals surface area contributed by atoms with Crippen molar-refractivity contribution < 1.29 is 19.4 Å². The maximum Gasteiger partial charge on any atom is 0.230 e. The first-order valence-electron chi connectivity index (χ1n) is 9.01. The second kappa shape index (κ2) is 6.09. The van der Waals surface area contributed by atoms with Crippen molar-refractivity contribution >= 4 is 11.9 Å². The fraction of sp³-hybridized carbons (Fsp3) is 0.429. The molecule has 1 spiro atoms. The second-order valence-electron chi connectivity index (χ2n) is 7.56. The highest BCUT2D eigenvalue weighted by Gasteiger charge is 2.69. The first-order chi connectivity index (χ1) is 12.4. The summed E-state index contributed by atoms with van der Waals surface area (Å²) in [6.07, 6.45) is 4.41. The van der Waals surface area contributed by atoms with Gasteiger partial charge >= 0.3 is 0 Å². The quantitative estimate of drug-likeness (QED) is 0.719. The summed E-state index contributed by atoms with van der Waals surface area (Å²) < 4.78 is 6.09. The summed E-state index contributed by atoms with van der Waals surface area (Å²) in [5.74, 6) is -2.98. The summed E-state index contributed by atoms with van der Waals surface area (Å²) in [4.78, 5) is 26.7. The number of rotatable bonds is 6. The average molecular weight is 352 g/mol. The van der Waals surface area contributed by atoms with Crippen molar-refractivity contribution in [2.24, 2.45) is 11.8 Å². The van der Waals surface area contributed by atoms with E-state index in [4.69, 9.17) is 4.74 Å². The largest absolute Gasteiger partial charge is 0.550 e. The average Bonchev–Trinajstić information content (AvgIpc) is 3.24. The van der Waals surface area contributed by atoms with E-state index in [0.717, 1.165) is 11.1 Å². The Kier molecular flexibility index (Phi) is 3.99. The molecule has 1 aromatic carbocycles. The molecule has 1 amide bonds. The van der Waals surface area contributed by atoms with Gasteiger partial charge < -0.3 is 19.5 Å². The number of ether oxygens (including phenoxy) is 1. The van der Waals surface area contributed by atoms with Crippen LogP contribution in [0.5, 0.6) is 0 Å². The Morgan fingerprint density at radius 1 is 1.35 bits per heavy atom. The maximum absolute atomic E-state index is 13.2. The van der Waals surface area contributed by atoms with Crippen LogP contribution in [0.15, 0.2) is 54.6 Å². The van der Waals surface area contributed by atoms with E-state index in [1.54, 1.807) is 11.0 Å². The van der Waals surface area contributed by atoms with Gasteiger partial charge in [-0.15, -0.1) is 6.58 Å². The third kappa shape index (κ3) is 2.42. The van der Waals surface area contributed by atoms with Crippen LogP contribution in [0.3, 0.4) is 0 Å². The monoisotopic (exact) mass is 352 g/mol. The number of nitrogens with zero attached hydrogens (tertiary/aromatic N) is 1. The number of fused-ring (bicyclic) bond motifs is 1. The fourth-order valence-electron chi connectivity index (χ4n) is 4.75. The highest BCUT2D eigenvalue weighted by atomic mass is 16.5. The van der Waals surface area contributed by atoms with Gasteiger partial charge in [0, 0.05) is 18.4 Å². The summed E-state index contributed by atoms with van der Waals surface area (Å²) in [5.41, 5.74) is 1.21. The van der Waals surface area contributed by atoms with E-state index in [-0.39, 0.29) is 11.9 Å². The van der Waals surface area contributed by atoms with Crippen LogP contribution in [0.25, 0.3) is 0 Å². The van der Waals surface area contributed by atoms with Crippen molar-refractivity contribution in [2.45, 2.75) is 37.5 Å². The second-order valence-corrected chi connectivity index (χ2v) is 7.56. The van der Waals surface area contributed by atoms with Gasteiger partial charge in [0.2, 0.25) is 5.91 Å². The number of carbonyl (C=O) groups excluding carboxylic acids is 2. The minimum atomic E-state index is -1.21. The van der Waals surface area contributed by atoms with Gasteiger partial charge in [-0.25, -0.2) is 0 Å². The van der Waals surface area contributed by atoms with Crippen molar-refractivity contribution in [2.75, 3.05) is 6.54 Å². The zero-order chi connectivity index (χ0) is 18.5. The first-order valence-corrected chi connectivity index (χ1v) is 9.01. The Hall–Kier alpha value is -2.40. The lowest BCUT2D eigenvalue weighted by molar-refractivity contribution is -0.313. The predicted molar refractivity (Wildman–Crippen MR) is 93.8 cm³/mol. The minimum absolute atomic E-state index is 0.145. The van der Waals surface area contributed by atoms with Crippen molar-refractivity contribution in [3.05, 3.63) is 60.2 Å².